The van der Waals surface area contributed by atoms with Gasteiger partial charge in [0.2, 0.25) is 0 Å². The molecule has 0 unspecified atom stereocenters. The zero-order chi connectivity index (χ0) is 12.7. The lowest BCUT2D eigenvalue weighted by Gasteiger charge is -2.33. The van der Waals surface area contributed by atoms with Crippen LogP contribution in [0, 0.1) is 5.82 Å². The van der Waals surface area contributed by atoms with E-state index in [1.165, 1.54) is 6.07 Å². The molecule has 2 aliphatic rings. The molecule has 2 heterocycles. The van der Waals surface area contributed by atoms with E-state index in [2.05, 4.69) is 4.90 Å². The second kappa shape index (κ2) is 4.44. The number of Topliss-reactive ketones (excluding diaryl/α,β-unsaturated/α-hetero) is 1. The van der Waals surface area contributed by atoms with E-state index < -0.39 is 0 Å². The Bertz CT molecular complexity index is 489. The summed E-state index contributed by atoms with van der Waals surface area (Å²) in [6.07, 6.45) is 1.24. The van der Waals surface area contributed by atoms with Gasteiger partial charge >= 0.3 is 0 Å². The Labute approximate surface area is 106 Å². The number of carbonyl (C=O) groups is 1. The van der Waals surface area contributed by atoms with Crippen LogP contribution in [0.4, 0.5) is 4.39 Å². The average Bonchev–Trinajstić information content (AvgIpc) is 2.72. The van der Waals surface area contributed by atoms with Crippen molar-refractivity contribution in [1.29, 1.82) is 0 Å². The minimum atomic E-state index is -0.228. The quantitative estimate of drug-likeness (QED) is 0.803. The topological polar surface area (TPSA) is 29.5 Å². The van der Waals surface area contributed by atoms with E-state index in [0.29, 0.717) is 13.0 Å². The largest absolute Gasteiger partial charge is 0.357 e. The second-order valence-corrected chi connectivity index (χ2v) is 5.08. The summed E-state index contributed by atoms with van der Waals surface area (Å²) in [6, 6.07) is 5.03. The lowest BCUT2D eigenvalue weighted by atomic mass is 9.97. The first kappa shape index (κ1) is 11.8. The van der Waals surface area contributed by atoms with Crippen molar-refractivity contribution in [3.05, 3.63) is 35.1 Å². The van der Waals surface area contributed by atoms with Gasteiger partial charge in [-0.05, 0) is 31.0 Å². The van der Waals surface area contributed by atoms with Crippen LogP contribution in [0.1, 0.15) is 30.7 Å². The number of nitrogens with zero attached hydrogens (tertiary/aromatic N) is 1. The molecule has 1 aromatic carbocycles. The molecular weight excluding hydrogens is 233 g/mol. The molecule has 0 amide bonds. The third-order valence-corrected chi connectivity index (χ3v) is 3.75. The van der Waals surface area contributed by atoms with Crippen LogP contribution in [0.5, 0.6) is 0 Å². The zero-order valence-corrected chi connectivity index (χ0v) is 10.4. The summed E-state index contributed by atoms with van der Waals surface area (Å²) in [5.74, 6) is -0.0523. The highest BCUT2D eigenvalue weighted by molar-refractivity contribution is 5.76. The van der Waals surface area contributed by atoms with Gasteiger partial charge in [-0.15, -0.1) is 0 Å². The third-order valence-electron chi connectivity index (χ3n) is 3.75. The van der Waals surface area contributed by atoms with Crippen LogP contribution >= 0.6 is 0 Å². The number of hydrogen-bond donors (Lipinski definition) is 0. The minimum Gasteiger partial charge on any atom is -0.357 e. The number of rotatable bonds is 2. The molecule has 0 bridgehead atoms. The predicted octanol–water partition coefficient (Wildman–Crippen LogP) is 2.06. The molecule has 2 aliphatic heterocycles. The molecule has 0 radical (unpaired) electrons. The summed E-state index contributed by atoms with van der Waals surface area (Å²) in [5.41, 5.74) is 2.08. The van der Waals surface area contributed by atoms with Gasteiger partial charge in [-0.25, -0.2) is 4.39 Å². The fraction of sp³-hybridized carbons (Fsp3) is 0.500. The van der Waals surface area contributed by atoms with Crippen LogP contribution in [0.25, 0.3) is 0 Å². The Balaban J connectivity index is 1.88. The highest BCUT2D eigenvalue weighted by atomic mass is 19.1. The van der Waals surface area contributed by atoms with Gasteiger partial charge in [0.25, 0.3) is 0 Å². The van der Waals surface area contributed by atoms with Gasteiger partial charge in [-0.3, -0.25) is 9.69 Å². The standard InChI is InChI=1S/C14H16FNO2/c1-9(17)6-12-8-18-14-13-7-11(15)3-2-10(13)4-5-16(12)14/h2-3,7,12,14H,4-6,8H2,1H3/t12-,14+/m1/s1. The van der Waals surface area contributed by atoms with Crippen molar-refractivity contribution < 1.29 is 13.9 Å². The van der Waals surface area contributed by atoms with Gasteiger partial charge in [-0.1, -0.05) is 6.07 Å². The molecule has 0 spiro atoms. The summed E-state index contributed by atoms with van der Waals surface area (Å²) in [7, 11) is 0. The highest BCUT2D eigenvalue weighted by Gasteiger charge is 2.39. The molecule has 3 nitrogen and oxygen atoms in total. The van der Waals surface area contributed by atoms with Crippen LogP contribution in [0.2, 0.25) is 0 Å². The van der Waals surface area contributed by atoms with Gasteiger partial charge < -0.3 is 4.74 Å². The number of benzene rings is 1. The summed E-state index contributed by atoms with van der Waals surface area (Å²) in [6.45, 7) is 3.03. The fourth-order valence-corrected chi connectivity index (χ4v) is 2.93. The molecule has 0 aliphatic carbocycles. The summed E-state index contributed by atoms with van der Waals surface area (Å²) >= 11 is 0. The summed E-state index contributed by atoms with van der Waals surface area (Å²) in [4.78, 5) is 13.4. The maximum absolute atomic E-state index is 13.3. The van der Waals surface area contributed by atoms with E-state index in [1.807, 2.05) is 6.07 Å². The number of ketones is 1. The van der Waals surface area contributed by atoms with E-state index in [1.54, 1.807) is 13.0 Å². The normalized spacial score (nSPS) is 26.8. The molecule has 0 aromatic heterocycles. The van der Waals surface area contributed by atoms with Crippen molar-refractivity contribution in [1.82, 2.24) is 4.90 Å². The molecule has 1 fully saturated rings. The van der Waals surface area contributed by atoms with Crippen molar-refractivity contribution in [2.75, 3.05) is 13.2 Å². The Morgan fingerprint density at radius 1 is 1.56 bits per heavy atom. The van der Waals surface area contributed by atoms with E-state index in [9.17, 15) is 9.18 Å². The van der Waals surface area contributed by atoms with E-state index in [4.69, 9.17) is 4.74 Å². The van der Waals surface area contributed by atoms with E-state index in [-0.39, 0.29) is 23.9 Å². The smallest absolute Gasteiger partial charge is 0.137 e. The van der Waals surface area contributed by atoms with Crippen molar-refractivity contribution >= 4 is 5.78 Å². The third kappa shape index (κ3) is 1.95. The molecule has 0 N–H and O–H groups in total. The van der Waals surface area contributed by atoms with Crippen molar-refractivity contribution in [2.24, 2.45) is 0 Å². The molecule has 2 atom stereocenters. The van der Waals surface area contributed by atoms with Crippen molar-refractivity contribution in [3.8, 4) is 0 Å². The monoisotopic (exact) mass is 249 g/mol. The fourth-order valence-electron chi connectivity index (χ4n) is 2.93. The molecular formula is C14H16FNO2. The number of halogens is 1. The Morgan fingerprint density at radius 3 is 3.17 bits per heavy atom. The molecule has 96 valence electrons. The number of carbonyl (C=O) groups excluding carboxylic acids is 1. The SMILES string of the molecule is CC(=O)C[C@@H]1CO[C@H]2c3cc(F)ccc3CCN12. The van der Waals surface area contributed by atoms with Gasteiger partial charge in [0, 0.05) is 24.6 Å². The second-order valence-electron chi connectivity index (χ2n) is 5.08. The Kier molecular flexibility index (Phi) is 2.92. The number of hydrogen-bond acceptors (Lipinski definition) is 3. The number of ether oxygens (including phenoxy) is 1. The summed E-state index contributed by atoms with van der Waals surface area (Å²) in [5, 5.41) is 0. The van der Waals surface area contributed by atoms with Crippen LogP contribution in [0.3, 0.4) is 0 Å². The Hall–Kier alpha value is -1.26. The van der Waals surface area contributed by atoms with E-state index >= 15 is 0 Å². The average molecular weight is 249 g/mol. The first-order chi connectivity index (χ1) is 8.65. The molecule has 18 heavy (non-hydrogen) atoms. The lowest BCUT2D eigenvalue weighted by molar-refractivity contribution is -0.118. The van der Waals surface area contributed by atoms with E-state index in [0.717, 1.165) is 24.1 Å². The molecule has 0 saturated carbocycles. The molecule has 1 saturated heterocycles. The van der Waals surface area contributed by atoms with Gasteiger partial charge in [0.05, 0.1) is 6.61 Å². The molecule has 4 heteroatoms. The zero-order valence-electron chi connectivity index (χ0n) is 10.4. The predicted molar refractivity (Wildman–Crippen MR) is 64.6 cm³/mol. The van der Waals surface area contributed by atoms with Crippen LogP contribution in [0.15, 0.2) is 18.2 Å². The van der Waals surface area contributed by atoms with Crippen molar-refractivity contribution in [3.63, 3.8) is 0 Å². The summed E-state index contributed by atoms with van der Waals surface area (Å²) < 4.78 is 19.1. The number of fused-ring (bicyclic) bond motifs is 3. The lowest BCUT2D eigenvalue weighted by Crippen LogP contribution is -2.38. The minimum absolute atomic E-state index is 0.143. The molecule has 3 rings (SSSR count). The Morgan fingerprint density at radius 2 is 2.39 bits per heavy atom. The van der Waals surface area contributed by atoms with Crippen LogP contribution in [-0.4, -0.2) is 29.9 Å². The van der Waals surface area contributed by atoms with Crippen molar-refractivity contribution in [2.45, 2.75) is 32.0 Å². The van der Waals surface area contributed by atoms with Gasteiger partial charge in [-0.2, -0.15) is 0 Å². The highest BCUT2D eigenvalue weighted by Crippen LogP contribution is 2.37. The van der Waals surface area contributed by atoms with Gasteiger partial charge in [0.15, 0.2) is 0 Å². The molecule has 1 aromatic rings. The van der Waals surface area contributed by atoms with Crippen LogP contribution < -0.4 is 0 Å². The van der Waals surface area contributed by atoms with Crippen LogP contribution in [-0.2, 0) is 16.0 Å². The first-order valence-electron chi connectivity index (χ1n) is 6.30. The maximum atomic E-state index is 13.3. The first-order valence-corrected chi connectivity index (χ1v) is 6.30. The van der Waals surface area contributed by atoms with Gasteiger partial charge in [0.1, 0.15) is 17.8 Å². The maximum Gasteiger partial charge on any atom is 0.137 e.